The van der Waals surface area contributed by atoms with Gasteiger partial charge in [0, 0.05) is 11.6 Å². The molecule has 0 aromatic heterocycles. The van der Waals surface area contributed by atoms with Crippen molar-refractivity contribution in [1.82, 2.24) is 5.32 Å². The zero-order valence-electron chi connectivity index (χ0n) is 13.2. The number of nitrogens with one attached hydrogen (secondary N) is 2. The molecule has 0 radical (unpaired) electrons. The van der Waals surface area contributed by atoms with E-state index in [1.807, 2.05) is 24.3 Å². The number of primary amides is 1. The first-order valence-corrected chi connectivity index (χ1v) is 7.77. The van der Waals surface area contributed by atoms with Gasteiger partial charge in [-0.1, -0.05) is 18.7 Å². The molecule has 0 saturated heterocycles. The highest BCUT2D eigenvalue weighted by Crippen LogP contribution is 2.27. The van der Waals surface area contributed by atoms with Crippen molar-refractivity contribution in [3.8, 4) is 5.75 Å². The average molecular weight is 313 g/mol. The van der Waals surface area contributed by atoms with E-state index < -0.39 is 5.91 Å². The van der Waals surface area contributed by atoms with E-state index in [1.165, 1.54) is 30.6 Å². The Labute approximate surface area is 136 Å². The van der Waals surface area contributed by atoms with Gasteiger partial charge in [0.25, 0.3) is 0 Å². The van der Waals surface area contributed by atoms with E-state index in [-0.39, 0.29) is 11.5 Å². The van der Waals surface area contributed by atoms with Gasteiger partial charge in [-0.05, 0) is 62.0 Å². The molecule has 23 heavy (non-hydrogen) atoms. The van der Waals surface area contributed by atoms with Crippen LogP contribution in [0.3, 0.4) is 0 Å². The Kier molecular flexibility index (Phi) is 6.11. The van der Waals surface area contributed by atoms with Crippen LogP contribution in [0.2, 0.25) is 0 Å². The molecule has 1 aliphatic carbocycles. The minimum Gasteiger partial charge on any atom is -0.440 e. The van der Waals surface area contributed by atoms with Crippen molar-refractivity contribution < 1.29 is 9.53 Å². The van der Waals surface area contributed by atoms with Crippen molar-refractivity contribution in [1.29, 1.82) is 5.41 Å². The van der Waals surface area contributed by atoms with Gasteiger partial charge in [0.05, 0.1) is 0 Å². The summed E-state index contributed by atoms with van der Waals surface area (Å²) in [4.78, 5) is 10.8. The zero-order chi connectivity index (χ0) is 16.7. The summed E-state index contributed by atoms with van der Waals surface area (Å²) in [5.74, 6) is 0.787. The molecule has 0 heterocycles. The Hall–Kier alpha value is -2.40. The maximum absolute atomic E-state index is 10.8. The SMILES string of the molecule is C=C(/C=C\C(=N)Oc1ccc(CCNCC2CC2)cc1)C(N)=O. The molecule has 1 aromatic rings. The van der Waals surface area contributed by atoms with Crippen LogP contribution in [0.25, 0.3) is 0 Å². The van der Waals surface area contributed by atoms with E-state index in [1.54, 1.807) is 0 Å². The summed E-state index contributed by atoms with van der Waals surface area (Å²) in [6.45, 7) is 5.58. The molecular weight excluding hydrogens is 290 g/mol. The van der Waals surface area contributed by atoms with E-state index in [2.05, 4.69) is 11.9 Å². The largest absolute Gasteiger partial charge is 0.440 e. The van der Waals surface area contributed by atoms with Crippen molar-refractivity contribution in [3.05, 3.63) is 54.1 Å². The second kappa shape index (κ2) is 8.29. The van der Waals surface area contributed by atoms with Gasteiger partial charge in [-0.25, -0.2) is 0 Å². The van der Waals surface area contributed by atoms with Crippen LogP contribution in [0, 0.1) is 11.3 Å². The third-order valence-electron chi connectivity index (χ3n) is 3.62. The van der Waals surface area contributed by atoms with E-state index in [0.717, 1.165) is 25.4 Å². The van der Waals surface area contributed by atoms with Crippen molar-refractivity contribution in [2.75, 3.05) is 13.1 Å². The molecule has 0 spiro atoms. The Morgan fingerprint density at radius 3 is 2.65 bits per heavy atom. The second-order valence-electron chi connectivity index (χ2n) is 5.73. The van der Waals surface area contributed by atoms with Gasteiger partial charge in [0.2, 0.25) is 11.8 Å². The Morgan fingerprint density at radius 2 is 2.04 bits per heavy atom. The smallest absolute Gasteiger partial charge is 0.248 e. The summed E-state index contributed by atoms with van der Waals surface area (Å²) in [5, 5.41) is 11.1. The number of nitrogens with two attached hydrogens (primary N) is 1. The molecule has 1 aromatic carbocycles. The van der Waals surface area contributed by atoms with Crippen LogP contribution in [0.15, 0.2) is 48.6 Å². The molecular formula is C18H23N3O2. The number of carbonyl (C=O) groups excluding carboxylic acids is 1. The topological polar surface area (TPSA) is 88.2 Å². The lowest BCUT2D eigenvalue weighted by atomic mass is 10.1. The van der Waals surface area contributed by atoms with Gasteiger partial charge >= 0.3 is 0 Å². The number of ether oxygens (including phenoxy) is 1. The molecule has 4 N–H and O–H groups in total. The third kappa shape index (κ3) is 6.48. The fraction of sp³-hybridized carbons (Fsp3) is 0.333. The summed E-state index contributed by atoms with van der Waals surface area (Å²) < 4.78 is 5.35. The fourth-order valence-corrected chi connectivity index (χ4v) is 2.00. The zero-order valence-corrected chi connectivity index (χ0v) is 13.2. The molecule has 1 aliphatic rings. The molecule has 122 valence electrons. The highest BCUT2D eigenvalue weighted by Gasteiger charge is 2.19. The maximum Gasteiger partial charge on any atom is 0.248 e. The molecule has 0 bridgehead atoms. The van der Waals surface area contributed by atoms with E-state index in [9.17, 15) is 4.79 Å². The highest BCUT2D eigenvalue weighted by molar-refractivity contribution is 5.96. The molecule has 5 nitrogen and oxygen atoms in total. The minimum atomic E-state index is -0.617. The van der Waals surface area contributed by atoms with Crippen LogP contribution in [0.5, 0.6) is 5.75 Å². The number of rotatable bonds is 9. The second-order valence-corrected chi connectivity index (χ2v) is 5.73. The summed E-state index contributed by atoms with van der Waals surface area (Å²) in [6, 6.07) is 7.66. The predicted molar refractivity (Wildman–Crippen MR) is 91.6 cm³/mol. The lowest BCUT2D eigenvalue weighted by Crippen LogP contribution is -2.19. The number of carbonyl (C=O) groups is 1. The van der Waals surface area contributed by atoms with E-state index in [4.69, 9.17) is 15.9 Å². The van der Waals surface area contributed by atoms with Crippen LogP contribution in [0.1, 0.15) is 18.4 Å². The van der Waals surface area contributed by atoms with E-state index >= 15 is 0 Å². The molecule has 1 saturated carbocycles. The van der Waals surface area contributed by atoms with Crippen molar-refractivity contribution in [2.45, 2.75) is 19.3 Å². The van der Waals surface area contributed by atoms with Crippen LogP contribution in [-0.4, -0.2) is 24.9 Å². The number of amides is 1. The van der Waals surface area contributed by atoms with Gasteiger partial charge in [-0.15, -0.1) is 0 Å². The minimum absolute atomic E-state index is 0.0775. The fourth-order valence-electron chi connectivity index (χ4n) is 2.00. The van der Waals surface area contributed by atoms with Gasteiger partial charge in [-0.2, -0.15) is 0 Å². The lowest BCUT2D eigenvalue weighted by molar-refractivity contribution is -0.114. The summed E-state index contributed by atoms with van der Waals surface area (Å²) in [5.41, 5.74) is 6.41. The Bertz CT molecular complexity index is 601. The van der Waals surface area contributed by atoms with Crippen molar-refractivity contribution in [3.63, 3.8) is 0 Å². The Balaban J connectivity index is 1.73. The van der Waals surface area contributed by atoms with Gasteiger partial charge in [0.15, 0.2) is 0 Å². The number of benzene rings is 1. The number of hydrogen-bond acceptors (Lipinski definition) is 4. The number of hydrogen-bond donors (Lipinski definition) is 3. The van der Waals surface area contributed by atoms with Gasteiger partial charge in [0.1, 0.15) is 5.75 Å². The normalized spacial score (nSPS) is 13.9. The van der Waals surface area contributed by atoms with Crippen molar-refractivity contribution in [2.24, 2.45) is 11.7 Å². The summed E-state index contributed by atoms with van der Waals surface area (Å²) >= 11 is 0. The Morgan fingerprint density at radius 1 is 1.35 bits per heavy atom. The standard InChI is InChI=1S/C18H23N3O2/c1-13(18(20)22)2-9-17(19)23-16-7-5-14(6-8-16)10-11-21-12-15-3-4-15/h2,5-9,15,19,21H,1,3-4,10-12H2,(H2,20,22)/b9-2-,19-17?. The first kappa shape index (κ1) is 17.0. The monoisotopic (exact) mass is 313 g/mol. The summed E-state index contributed by atoms with van der Waals surface area (Å²) in [7, 11) is 0. The molecule has 0 aliphatic heterocycles. The first-order valence-electron chi connectivity index (χ1n) is 7.77. The molecule has 1 amide bonds. The third-order valence-corrected chi connectivity index (χ3v) is 3.62. The van der Waals surface area contributed by atoms with Crippen molar-refractivity contribution >= 4 is 11.8 Å². The first-order chi connectivity index (χ1) is 11.0. The quantitative estimate of drug-likeness (QED) is 0.215. The predicted octanol–water partition coefficient (Wildman–Crippen LogP) is 2.18. The average Bonchev–Trinajstić information content (AvgIpc) is 3.35. The van der Waals surface area contributed by atoms with Gasteiger partial charge in [-0.3, -0.25) is 10.2 Å². The molecule has 2 rings (SSSR count). The van der Waals surface area contributed by atoms with E-state index in [0.29, 0.717) is 5.75 Å². The highest BCUT2D eigenvalue weighted by atomic mass is 16.5. The molecule has 0 atom stereocenters. The molecule has 0 unspecified atom stereocenters. The van der Waals surface area contributed by atoms with Gasteiger partial charge < -0.3 is 15.8 Å². The van der Waals surface area contributed by atoms with Crippen LogP contribution >= 0.6 is 0 Å². The van der Waals surface area contributed by atoms with Crippen LogP contribution in [-0.2, 0) is 11.2 Å². The molecule has 1 fully saturated rings. The lowest BCUT2D eigenvalue weighted by Gasteiger charge is -2.06. The summed E-state index contributed by atoms with van der Waals surface area (Å²) in [6.07, 6.45) is 6.43. The van der Waals surface area contributed by atoms with Crippen LogP contribution < -0.4 is 15.8 Å². The van der Waals surface area contributed by atoms with Crippen LogP contribution in [0.4, 0.5) is 0 Å². The molecule has 5 heteroatoms. The maximum atomic E-state index is 10.8.